The Morgan fingerprint density at radius 1 is 0.879 bits per heavy atom. The van der Waals surface area contributed by atoms with E-state index in [9.17, 15) is 14.4 Å². The standard InChI is InChI=1S/C26H24N2O5/c1-3-33-21-11-7-19(8-12-21)28-25(30)22-13-6-18(16-23(22)26(28)31)24(29)27-15-14-17-4-9-20(32-2)10-5-17/h4-13,16H,3,14-15H2,1-2H3,(H,27,29). The van der Waals surface area contributed by atoms with Crippen molar-refractivity contribution < 1.29 is 23.9 Å². The molecule has 3 aromatic carbocycles. The summed E-state index contributed by atoms with van der Waals surface area (Å²) in [6.45, 7) is 2.84. The number of amides is 3. The number of methoxy groups -OCH3 is 1. The quantitative estimate of drug-likeness (QED) is 0.533. The minimum Gasteiger partial charge on any atom is -0.497 e. The number of carbonyl (C=O) groups is 3. The minimum atomic E-state index is -0.452. The van der Waals surface area contributed by atoms with Crippen molar-refractivity contribution in [3.05, 3.63) is 89.0 Å². The Hall–Kier alpha value is -4.13. The van der Waals surface area contributed by atoms with Crippen LogP contribution in [-0.2, 0) is 6.42 Å². The van der Waals surface area contributed by atoms with Crippen LogP contribution in [-0.4, -0.2) is 38.0 Å². The van der Waals surface area contributed by atoms with Gasteiger partial charge in [-0.25, -0.2) is 4.90 Å². The maximum atomic E-state index is 13.0. The Bertz CT molecular complexity index is 1190. The molecule has 0 spiro atoms. The molecule has 7 heteroatoms. The van der Waals surface area contributed by atoms with Gasteiger partial charge in [-0.15, -0.1) is 0 Å². The van der Waals surface area contributed by atoms with E-state index in [4.69, 9.17) is 9.47 Å². The zero-order chi connectivity index (χ0) is 23.4. The average Bonchev–Trinajstić information content (AvgIpc) is 3.09. The van der Waals surface area contributed by atoms with E-state index in [0.29, 0.717) is 36.6 Å². The second-order valence-corrected chi connectivity index (χ2v) is 7.49. The molecule has 0 radical (unpaired) electrons. The minimum absolute atomic E-state index is 0.219. The zero-order valence-corrected chi connectivity index (χ0v) is 18.5. The molecule has 7 nitrogen and oxygen atoms in total. The first kappa shape index (κ1) is 22.1. The Morgan fingerprint density at radius 3 is 2.21 bits per heavy atom. The molecule has 0 aliphatic carbocycles. The molecule has 0 unspecified atom stereocenters. The first-order chi connectivity index (χ1) is 16.0. The van der Waals surface area contributed by atoms with E-state index < -0.39 is 11.8 Å². The summed E-state index contributed by atoms with van der Waals surface area (Å²) in [4.78, 5) is 39.6. The lowest BCUT2D eigenvalue weighted by Crippen LogP contribution is -2.29. The van der Waals surface area contributed by atoms with Crippen molar-refractivity contribution in [3.63, 3.8) is 0 Å². The average molecular weight is 444 g/mol. The molecule has 4 rings (SSSR count). The molecule has 0 fully saturated rings. The van der Waals surface area contributed by atoms with Crippen LogP contribution in [0.15, 0.2) is 66.7 Å². The largest absolute Gasteiger partial charge is 0.497 e. The van der Waals surface area contributed by atoms with E-state index in [2.05, 4.69) is 5.32 Å². The van der Waals surface area contributed by atoms with Crippen LogP contribution in [0.4, 0.5) is 5.69 Å². The molecule has 3 amide bonds. The van der Waals surface area contributed by atoms with Crippen molar-refractivity contribution in [2.24, 2.45) is 0 Å². The zero-order valence-electron chi connectivity index (χ0n) is 18.5. The molecule has 168 valence electrons. The van der Waals surface area contributed by atoms with Gasteiger partial charge in [0.15, 0.2) is 0 Å². The monoisotopic (exact) mass is 444 g/mol. The fourth-order valence-corrected chi connectivity index (χ4v) is 3.69. The molecule has 1 aliphatic heterocycles. The maximum Gasteiger partial charge on any atom is 0.266 e. The van der Waals surface area contributed by atoms with E-state index >= 15 is 0 Å². The van der Waals surface area contributed by atoms with Crippen molar-refractivity contribution >= 4 is 23.4 Å². The second kappa shape index (κ2) is 9.56. The van der Waals surface area contributed by atoms with Crippen molar-refractivity contribution in [2.75, 3.05) is 25.2 Å². The molecule has 0 bridgehead atoms. The molecular formula is C26H24N2O5. The van der Waals surface area contributed by atoms with E-state index in [1.165, 1.54) is 12.1 Å². The predicted molar refractivity (Wildman–Crippen MR) is 124 cm³/mol. The summed E-state index contributed by atoms with van der Waals surface area (Å²) in [5.41, 5.74) is 2.35. The highest BCUT2D eigenvalue weighted by atomic mass is 16.5. The first-order valence-electron chi connectivity index (χ1n) is 10.7. The van der Waals surface area contributed by atoms with Crippen LogP contribution in [0, 0.1) is 0 Å². The van der Waals surface area contributed by atoms with Crippen LogP contribution in [0.5, 0.6) is 11.5 Å². The molecular weight excluding hydrogens is 420 g/mol. The third-order valence-electron chi connectivity index (χ3n) is 5.41. The fraction of sp³-hybridized carbons (Fsp3) is 0.192. The van der Waals surface area contributed by atoms with Crippen molar-refractivity contribution in [3.8, 4) is 11.5 Å². The van der Waals surface area contributed by atoms with Gasteiger partial charge in [0.25, 0.3) is 17.7 Å². The third-order valence-corrected chi connectivity index (χ3v) is 5.41. The summed E-state index contributed by atoms with van der Waals surface area (Å²) in [7, 11) is 1.61. The lowest BCUT2D eigenvalue weighted by Gasteiger charge is -2.14. The van der Waals surface area contributed by atoms with Gasteiger partial charge in [0, 0.05) is 12.1 Å². The Labute approximate surface area is 191 Å². The Kier molecular flexibility index (Phi) is 6.40. The highest BCUT2D eigenvalue weighted by Crippen LogP contribution is 2.30. The summed E-state index contributed by atoms with van der Waals surface area (Å²) < 4.78 is 10.6. The highest BCUT2D eigenvalue weighted by molar-refractivity contribution is 6.34. The maximum absolute atomic E-state index is 13.0. The normalized spacial score (nSPS) is 12.5. The summed E-state index contributed by atoms with van der Waals surface area (Å²) in [5, 5.41) is 2.86. The fourth-order valence-electron chi connectivity index (χ4n) is 3.69. The van der Waals surface area contributed by atoms with Crippen LogP contribution in [0.3, 0.4) is 0 Å². The van der Waals surface area contributed by atoms with Crippen molar-refractivity contribution in [1.29, 1.82) is 0 Å². The van der Waals surface area contributed by atoms with Crippen LogP contribution in [0.2, 0.25) is 0 Å². The first-order valence-corrected chi connectivity index (χ1v) is 10.7. The molecule has 3 aromatic rings. The van der Waals surface area contributed by atoms with Gasteiger partial charge in [-0.1, -0.05) is 12.1 Å². The van der Waals surface area contributed by atoms with Gasteiger partial charge < -0.3 is 14.8 Å². The van der Waals surface area contributed by atoms with Crippen LogP contribution >= 0.6 is 0 Å². The molecule has 0 aromatic heterocycles. The molecule has 1 heterocycles. The topological polar surface area (TPSA) is 84.9 Å². The van der Waals surface area contributed by atoms with E-state index in [1.807, 2.05) is 31.2 Å². The second-order valence-electron chi connectivity index (χ2n) is 7.49. The SMILES string of the molecule is CCOc1ccc(N2C(=O)c3ccc(C(=O)NCCc4ccc(OC)cc4)cc3C2=O)cc1. The summed E-state index contributed by atoms with van der Waals surface area (Å²) in [6.07, 6.45) is 0.656. The van der Waals surface area contributed by atoms with Crippen LogP contribution in [0.1, 0.15) is 43.6 Å². The van der Waals surface area contributed by atoms with Gasteiger partial charge >= 0.3 is 0 Å². The van der Waals surface area contributed by atoms with Gasteiger partial charge in [-0.05, 0) is 73.5 Å². The number of anilines is 1. The molecule has 33 heavy (non-hydrogen) atoms. The number of ether oxygens (including phenoxy) is 2. The van der Waals surface area contributed by atoms with Gasteiger partial charge in [0.2, 0.25) is 0 Å². The number of nitrogens with one attached hydrogen (secondary N) is 1. The van der Waals surface area contributed by atoms with Gasteiger partial charge in [0.1, 0.15) is 11.5 Å². The van der Waals surface area contributed by atoms with Gasteiger partial charge in [-0.2, -0.15) is 0 Å². The number of hydrogen-bond donors (Lipinski definition) is 1. The third kappa shape index (κ3) is 4.57. The Morgan fingerprint density at radius 2 is 1.55 bits per heavy atom. The lowest BCUT2D eigenvalue weighted by atomic mass is 10.1. The van der Waals surface area contributed by atoms with E-state index in [0.717, 1.165) is 16.2 Å². The lowest BCUT2D eigenvalue weighted by molar-refractivity contribution is 0.0923. The smallest absolute Gasteiger partial charge is 0.266 e. The highest BCUT2D eigenvalue weighted by Gasteiger charge is 2.37. The van der Waals surface area contributed by atoms with Crippen molar-refractivity contribution in [2.45, 2.75) is 13.3 Å². The summed E-state index contributed by atoms with van der Waals surface area (Å²) in [6, 6.07) is 19.0. The van der Waals surface area contributed by atoms with Gasteiger partial charge in [0.05, 0.1) is 30.5 Å². The summed E-state index contributed by atoms with van der Waals surface area (Å²) in [5.74, 6) is 0.273. The number of hydrogen-bond acceptors (Lipinski definition) is 5. The van der Waals surface area contributed by atoms with Crippen molar-refractivity contribution in [1.82, 2.24) is 5.32 Å². The number of rotatable bonds is 8. The van der Waals surface area contributed by atoms with Crippen LogP contribution < -0.4 is 19.7 Å². The number of nitrogens with zero attached hydrogens (tertiary/aromatic N) is 1. The summed E-state index contributed by atoms with van der Waals surface area (Å²) >= 11 is 0. The molecule has 0 saturated carbocycles. The number of imide groups is 1. The van der Waals surface area contributed by atoms with E-state index in [1.54, 1.807) is 37.4 Å². The molecule has 1 N–H and O–H groups in total. The predicted octanol–water partition coefficient (Wildman–Crippen LogP) is 3.87. The number of benzene rings is 3. The van der Waals surface area contributed by atoms with Crippen LogP contribution in [0.25, 0.3) is 0 Å². The molecule has 0 saturated heterocycles. The van der Waals surface area contributed by atoms with Gasteiger partial charge in [-0.3, -0.25) is 14.4 Å². The molecule has 1 aliphatic rings. The number of fused-ring (bicyclic) bond motifs is 1. The molecule has 0 atom stereocenters. The Balaban J connectivity index is 1.43. The van der Waals surface area contributed by atoms with E-state index in [-0.39, 0.29) is 17.0 Å². The number of carbonyl (C=O) groups excluding carboxylic acids is 3.